The fourth-order valence-corrected chi connectivity index (χ4v) is 3.30. The highest BCUT2D eigenvalue weighted by Gasteiger charge is 2.46. The fraction of sp³-hybridized carbons (Fsp3) is 0.600. The summed E-state index contributed by atoms with van der Waals surface area (Å²) in [5.41, 5.74) is 0.213. The average Bonchev–Trinajstić information content (AvgIpc) is 2.72. The molecule has 1 aromatic heterocycles. The van der Waals surface area contributed by atoms with Gasteiger partial charge in [0.1, 0.15) is 0 Å². The molecule has 1 heterocycles. The third-order valence-corrected chi connectivity index (χ3v) is 4.62. The van der Waals surface area contributed by atoms with Gasteiger partial charge in [-0.05, 0) is 48.2 Å². The van der Waals surface area contributed by atoms with E-state index in [2.05, 4.69) is 27.4 Å². The summed E-state index contributed by atoms with van der Waals surface area (Å²) in [7, 11) is 0. The Morgan fingerprint density at radius 1 is 1.69 bits per heavy atom. The minimum absolute atomic E-state index is 0.159. The summed E-state index contributed by atoms with van der Waals surface area (Å²) in [6, 6.07) is 2.16. The van der Waals surface area contributed by atoms with Gasteiger partial charge in [0, 0.05) is 20.1 Å². The maximum absolute atomic E-state index is 9.60. The molecule has 0 saturated heterocycles. The molecular formula is C10H13BrOS. The number of hydrogen-bond acceptors (Lipinski definition) is 2. The van der Waals surface area contributed by atoms with Gasteiger partial charge in [-0.15, -0.1) is 11.3 Å². The SMILES string of the molecule is CC(O)C1(Cc2cc(Br)cs2)CC1. The molecule has 1 nitrogen and oxygen atoms in total. The maximum atomic E-state index is 9.60. The molecule has 2 rings (SSSR count). The zero-order chi connectivity index (χ0) is 9.47. The van der Waals surface area contributed by atoms with E-state index in [-0.39, 0.29) is 11.5 Å². The third-order valence-electron chi connectivity index (χ3n) is 2.93. The fourth-order valence-electron chi connectivity index (χ4n) is 1.70. The summed E-state index contributed by atoms with van der Waals surface area (Å²) < 4.78 is 1.16. The van der Waals surface area contributed by atoms with E-state index in [1.54, 1.807) is 11.3 Å². The molecule has 1 N–H and O–H groups in total. The van der Waals surface area contributed by atoms with E-state index in [1.807, 2.05) is 6.92 Å². The summed E-state index contributed by atoms with van der Waals surface area (Å²) in [6.45, 7) is 1.91. The van der Waals surface area contributed by atoms with Crippen molar-refractivity contribution in [3.63, 3.8) is 0 Å². The molecule has 0 amide bonds. The Balaban J connectivity index is 2.06. The summed E-state index contributed by atoms with van der Waals surface area (Å²) in [6.07, 6.45) is 3.25. The Morgan fingerprint density at radius 3 is 2.77 bits per heavy atom. The Kier molecular flexibility index (Phi) is 2.51. The monoisotopic (exact) mass is 260 g/mol. The van der Waals surface area contributed by atoms with E-state index in [1.165, 1.54) is 17.7 Å². The molecule has 13 heavy (non-hydrogen) atoms. The normalized spacial score (nSPS) is 21.5. The van der Waals surface area contributed by atoms with Crippen LogP contribution in [0.5, 0.6) is 0 Å². The second-order valence-electron chi connectivity index (χ2n) is 3.95. The topological polar surface area (TPSA) is 20.2 Å². The van der Waals surface area contributed by atoms with Crippen molar-refractivity contribution in [2.75, 3.05) is 0 Å². The van der Waals surface area contributed by atoms with Crippen LogP contribution in [0.1, 0.15) is 24.6 Å². The van der Waals surface area contributed by atoms with Crippen molar-refractivity contribution in [2.45, 2.75) is 32.3 Å². The van der Waals surface area contributed by atoms with E-state index < -0.39 is 0 Å². The summed E-state index contributed by atoms with van der Waals surface area (Å²) >= 11 is 5.22. The van der Waals surface area contributed by atoms with Gasteiger partial charge in [0.25, 0.3) is 0 Å². The molecule has 0 aromatic carbocycles. The van der Waals surface area contributed by atoms with Crippen molar-refractivity contribution in [1.82, 2.24) is 0 Å². The molecule has 1 aliphatic carbocycles. The van der Waals surface area contributed by atoms with Crippen LogP contribution in [0.15, 0.2) is 15.9 Å². The molecule has 72 valence electrons. The number of halogens is 1. The first-order valence-corrected chi connectivity index (χ1v) is 6.21. The number of hydrogen-bond donors (Lipinski definition) is 1. The van der Waals surface area contributed by atoms with E-state index in [9.17, 15) is 5.11 Å². The van der Waals surface area contributed by atoms with E-state index in [0.717, 1.165) is 10.9 Å². The number of thiophene rings is 1. The Morgan fingerprint density at radius 2 is 2.38 bits per heavy atom. The van der Waals surface area contributed by atoms with Crippen LogP contribution in [0.2, 0.25) is 0 Å². The van der Waals surface area contributed by atoms with Gasteiger partial charge in [0.05, 0.1) is 6.10 Å². The predicted octanol–water partition coefficient (Wildman–Crippen LogP) is 3.21. The molecular weight excluding hydrogens is 248 g/mol. The number of aliphatic hydroxyl groups excluding tert-OH is 1. The van der Waals surface area contributed by atoms with Gasteiger partial charge >= 0.3 is 0 Å². The van der Waals surface area contributed by atoms with Gasteiger partial charge in [-0.2, -0.15) is 0 Å². The van der Waals surface area contributed by atoms with Gasteiger partial charge in [0.15, 0.2) is 0 Å². The van der Waals surface area contributed by atoms with Gasteiger partial charge in [-0.25, -0.2) is 0 Å². The second-order valence-corrected chi connectivity index (χ2v) is 5.86. The highest BCUT2D eigenvalue weighted by atomic mass is 79.9. The zero-order valence-electron chi connectivity index (χ0n) is 7.59. The molecule has 1 unspecified atom stereocenters. The van der Waals surface area contributed by atoms with E-state index in [0.29, 0.717) is 0 Å². The molecule has 1 aliphatic rings. The van der Waals surface area contributed by atoms with Crippen molar-refractivity contribution < 1.29 is 5.11 Å². The van der Waals surface area contributed by atoms with Crippen molar-refractivity contribution in [2.24, 2.45) is 5.41 Å². The summed E-state index contributed by atoms with van der Waals surface area (Å²) in [4.78, 5) is 1.38. The van der Waals surface area contributed by atoms with Gasteiger partial charge in [-0.1, -0.05) is 0 Å². The molecule has 0 spiro atoms. The van der Waals surface area contributed by atoms with Gasteiger partial charge in [0.2, 0.25) is 0 Å². The minimum atomic E-state index is -0.159. The quantitative estimate of drug-likeness (QED) is 0.885. The lowest BCUT2D eigenvalue weighted by molar-refractivity contribution is 0.111. The first-order chi connectivity index (χ1) is 6.12. The highest BCUT2D eigenvalue weighted by Crippen LogP contribution is 2.51. The maximum Gasteiger partial charge on any atom is 0.0571 e. The van der Waals surface area contributed by atoms with E-state index >= 15 is 0 Å². The molecule has 0 aliphatic heterocycles. The molecule has 1 atom stereocenters. The molecule has 1 aromatic rings. The van der Waals surface area contributed by atoms with Crippen LogP contribution in [0, 0.1) is 5.41 Å². The van der Waals surface area contributed by atoms with Crippen LogP contribution in [0.25, 0.3) is 0 Å². The molecule has 3 heteroatoms. The molecule has 0 radical (unpaired) electrons. The van der Waals surface area contributed by atoms with Crippen molar-refractivity contribution >= 4 is 27.3 Å². The van der Waals surface area contributed by atoms with Crippen LogP contribution in [-0.4, -0.2) is 11.2 Å². The smallest absolute Gasteiger partial charge is 0.0571 e. The lowest BCUT2D eigenvalue weighted by Gasteiger charge is -2.16. The Labute approximate surface area is 90.9 Å². The van der Waals surface area contributed by atoms with E-state index in [4.69, 9.17) is 0 Å². The van der Waals surface area contributed by atoms with Crippen LogP contribution in [0.3, 0.4) is 0 Å². The lowest BCUT2D eigenvalue weighted by atomic mass is 9.95. The van der Waals surface area contributed by atoms with Gasteiger partial charge in [-0.3, -0.25) is 0 Å². The zero-order valence-corrected chi connectivity index (χ0v) is 9.99. The van der Waals surface area contributed by atoms with Crippen LogP contribution >= 0.6 is 27.3 Å². The first kappa shape index (κ1) is 9.69. The number of rotatable bonds is 3. The van der Waals surface area contributed by atoms with Crippen LogP contribution in [-0.2, 0) is 6.42 Å². The standard InChI is InChI=1S/C10H13BrOS/c1-7(12)10(2-3-10)5-9-4-8(11)6-13-9/h4,6-7,12H,2-3,5H2,1H3. The number of aliphatic hydroxyl groups is 1. The minimum Gasteiger partial charge on any atom is -0.393 e. The van der Waals surface area contributed by atoms with Crippen molar-refractivity contribution in [3.8, 4) is 0 Å². The average molecular weight is 261 g/mol. The van der Waals surface area contributed by atoms with Gasteiger partial charge < -0.3 is 5.11 Å². The summed E-state index contributed by atoms with van der Waals surface area (Å²) in [5, 5.41) is 11.7. The highest BCUT2D eigenvalue weighted by molar-refractivity contribution is 9.10. The first-order valence-electron chi connectivity index (χ1n) is 4.53. The molecule has 1 fully saturated rings. The Hall–Kier alpha value is 0.140. The van der Waals surface area contributed by atoms with Crippen molar-refractivity contribution in [1.29, 1.82) is 0 Å². The molecule has 1 saturated carbocycles. The second kappa shape index (κ2) is 3.37. The Bertz CT molecular complexity index is 302. The van der Waals surface area contributed by atoms with Crippen molar-refractivity contribution in [3.05, 3.63) is 20.8 Å². The lowest BCUT2D eigenvalue weighted by Crippen LogP contribution is -2.19. The third kappa shape index (κ3) is 1.97. The molecule has 0 bridgehead atoms. The largest absolute Gasteiger partial charge is 0.393 e. The van der Waals surface area contributed by atoms with Crippen LogP contribution in [0.4, 0.5) is 0 Å². The van der Waals surface area contributed by atoms with Crippen LogP contribution < -0.4 is 0 Å². The summed E-state index contributed by atoms with van der Waals surface area (Å²) in [5.74, 6) is 0. The predicted molar refractivity (Wildman–Crippen MR) is 59.1 cm³/mol.